The first-order chi connectivity index (χ1) is 9.25. The number of carbonyl (C=O) groups is 1. The van der Waals surface area contributed by atoms with Crippen molar-refractivity contribution in [2.24, 2.45) is 0 Å². The highest BCUT2D eigenvalue weighted by Crippen LogP contribution is 2.28. The highest BCUT2D eigenvalue weighted by Gasteiger charge is 2.28. The molecule has 1 atom stereocenters. The monoisotopic (exact) mass is 303 g/mol. The molecule has 0 aliphatic carbocycles. The predicted octanol–water partition coefficient (Wildman–Crippen LogP) is 0.395. The van der Waals surface area contributed by atoms with Gasteiger partial charge in [-0.1, -0.05) is 0 Å². The van der Waals surface area contributed by atoms with Crippen molar-refractivity contribution in [3.8, 4) is 5.75 Å². The molecular formula is C12H17NO6S. The lowest BCUT2D eigenvalue weighted by molar-refractivity contribution is 0.0696. The van der Waals surface area contributed by atoms with Crippen molar-refractivity contribution in [3.05, 3.63) is 23.8 Å². The van der Waals surface area contributed by atoms with E-state index in [0.717, 1.165) is 10.4 Å². The average molecular weight is 303 g/mol. The number of likely N-dealkylation sites (N-methyl/N-ethyl adjacent to an activating group) is 1. The van der Waals surface area contributed by atoms with E-state index in [1.807, 2.05) is 0 Å². The van der Waals surface area contributed by atoms with Gasteiger partial charge >= 0.3 is 5.97 Å². The molecule has 0 fully saturated rings. The third-order valence-corrected chi connectivity index (χ3v) is 4.96. The topological polar surface area (TPSA) is 104 Å². The Hall–Kier alpha value is -1.64. The lowest BCUT2D eigenvalue weighted by atomic mass is 10.2. The molecule has 0 aliphatic rings. The lowest BCUT2D eigenvalue weighted by Crippen LogP contribution is -2.37. The van der Waals surface area contributed by atoms with Crippen LogP contribution in [0.25, 0.3) is 0 Å². The van der Waals surface area contributed by atoms with E-state index in [4.69, 9.17) is 14.9 Å². The molecule has 1 aromatic rings. The summed E-state index contributed by atoms with van der Waals surface area (Å²) in [4.78, 5) is 10.7. The summed E-state index contributed by atoms with van der Waals surface area (Å²) in [5.74, 6) is -1.23. The third-order valence-electron chi connectivity index (χ3n) is 2.95. The first kappa shape index (κ1) is 16.4. The van der Waals surface area contributed by atoms with Crippen molar-refractivity contribution < 1.29 is 28.2 Å². The van der Waals surface area contributed by atoms with E-state index in [9.17, 15) is 13.2 Å². The Morgan fingerprint density at radius 2 is 2.05 bits per heavy atom. The van der Waals surface area contributed by atoms with E-state index in [2.05, 4.69) is 0 Å². The molecule has 20 heavy (non-hydrogen) atoms. The Labute approximate surface area is 117 Å². The Balaban J connectivity index is 3.35. The highest BCUT2D eigenvalue weighted by atomic mass is 32.2. The van der Waals surface area contributed by atoms with Crippen molar-refractivity contribution in [2.75, 3.05) is 20.8 Å². The van der Waals surface area contributed by atoms with Crippen molar-refractivity contribution in [1.29, 1.82) is 0 Å². The molecule has 0 aliphatic heterocycles. The molecule has 0 saturated carbocycles. The van der Waals surface area contributed by atoms with Gasteiger partial charge in [0.15, 0.2) is 0 Å². The lowest BCUT2D eigenvalue weighted by Gasteiger charge is -2.23. The number of sulfonamides is 1. The zero-order valence-corrected chi connectivity index (χ0v) is 12.2. The number of carboxylic acid groups (broad SMARTS) is 1. The summed E-state index contributed by atoms with van der Waals surface area (Å²) in [6, 6.07) is 2.91. The SMILES string of the molecule is COc1cc(C(=O)O)ccc1S(=O)(=O)N(C)C(C)CO. The molecule has 1 unspecified atom stereocenters. The summed E-state index contributed by atoms with van der Waals surface area (Å²) >= 11 is 0. The van der Waals surface area contributed by atoms with Crippen LogP contribution in [0.2, 0.25) is 0 Å². The maximum atomic E-state index is 12.4. The first-order valence-corrected chi connectivity index (χ1v) is 7.20. The van der Waals surface area contributed by atoms with E-state index in [1.165, 1.54) is 26.3 Å². The molecule has 0 bridgehead atoms. The zero-order chi connectivity index (χ0) is 15.5. The van der Waals surface area contributed by atoms with Crippen molar-refractivity contribution >= 4 is 16.0 Å². The second-order valence-electron chi connectivity index (χ2n) is 4.22. The molecule has 7 nitrogen and oxygen atoms in total. The number of hydrogen-bond acceptors (Lipinski definition) is 5. The van der Waals surface area contributed by atoms with E-state index in [1.54, 1.807) is 6.92 Å². The van der Waals surface area contributed by atoms with Gasteiger partial charge in [0.2, 0.25) is 10.0 Å². The van der Waals surface area contributed by atoms with Crippen LogP contribution in [0.4, 0.5) is 0 Å². The van der Waals surface area contributed by atoms with Gasteiger partial charge in [-0.15, -0.1) is 0 Å². The van der Waals surface area contributed by atoms with Crippen LogP contribution in [-0.4, -0.2) is 55.7 Å². The Kier molecular flexibility index (Phi) is 5.09. The molecule has 112 valence electrons. The molecule has 0 heterocycles. The quantitative estimate of drug-likeness (QED) is 0.788. The maximum absolute atomic E-state index is 12.4. The standard InChI is InChI=1S/C12H17NO6S/c1-8(7-14)13(2)20(17,18)11-5-4-9(12(15)16)6-10(11)19-3/h4-6,8,14H,7H2,1-3H3,(H,15,16). The number of carboxylic acids is 1. The number of aromatic carboxylic acids is 1. The summed E-state index contributed by atoms with van der Waals surface area (Å²) in [7, 11) is -1.29. The summed E-state index contributed by atoms with van der Waals surface area (Å²) < 4.78 is 30.7. The molecule has 2 N–H and O–H groups in total. The molecule has 0 aromatic heterocycles. The Morgan fingerprint density at radius 1 is 1.45 bits per heavy atom. The van der Waals surface area contributed by atoms with E-state index in [-0.39, 0.29) is 22.8 Å². The van der Waals surface area contributed by atoms with Gasteiger partial charge in [0.05, 0.1) is 19.3 Å². The van der Waals surface area contributed by atoms with Gasteiger partial charge in [0.1, 0.15) is 10.6 Å². The predicted molar refractivity (Wildman–Crippen MR) is 71.4 cm³/mol. The number of hydrogen-bond donors (Lipinski definition) is 2. The molecule has 0 amide bonds. The number of rotatable bonds is 6. The molecule has 1 aromatic carbocycles. The van der Waals surface area contributed by atoms with Crippen LogP contribution in [0.3, 0.4) is 0 Å². The smallest absolute Gasteiger partial charge is 0.335 e. The van der Waals surface area contributed by atoms with Gasteiger partial charge < -0.3 is 14.9 Å². The number of ether oxygens (including phenoxy) is 1. The van der Waals surface area contributed by atoms with Gasteiger partial charge in [-0.3, -0.25) is 0 Å². The number of aliphatic hydroxyl groups is 1. The fraction of sp³-hybridized carbons (Fsp3) is 0.417. The molecular weight excluding hydrogens is 286 g/mol. The van der Waals surface area contributed by atoms with Crippen molar-refractivity contribution in [1.82, 2.24) is 4.31 Å². The van der Waals surface area contributed by atoms with Gasteiger partial charge in [0, 0.05) is 13.1 Å². The van der Waals surface area contributed by atoms with Crippen molar-refractivity contribution in [3.63, 3.8) is 0 Å². The summed E-state index contributed by atoms with van der Waals surface area (Å²) in [6.07, 6.45) is 0. The summed E-state index contributed by atoms with van der Waals surface area (Å²) in [5, 5.41) is 17.9. The van der Waals surface area contributed by atoms with Crippen LogP contribution in [0.15, 0.2) is 23.1 Å². The summed E-state index contributed by atoms with van der Waals surface area (Å²) in [6.45, 7) is 1.22. The number of benzene rings is 1. The van der Waals surface area contributed by atoms with Crippen LogP contribution < -0.4 is 4.74 Å². The molecule has 0 spiro atoms. The van der Waals surface area contributed by atoms with E-state index >= 15 is 0 Å². The molecule has 1 rings (SSSR count). The van der Waals surface area contributed by atoms with Gasteiger partial charge in [-0.05, 0) is 25.1 Å². The van der Waals surface area contributed by atoms with Gasteiger partial charge in [-0.2, -0.15) is 4.31 Å². The fourth-order valence-corrected chi connectivity index (χ4v) is 3.01. The number of methoxy groups -OCH3 is 1. The molecule has 0 radical (unpaired) electrons. The van der Waals surface area contributed by atoms with Crippen molar-refractivity contribution in [2.45, 2.75) is 17.9 Å². The first-order valence-electron chi connectivity index (χ1n) is 5.76. The van der Waals surface area contributed by atoms with Crippen LogP contribution in [-0.2, 0) is 10.0 Å². The minimum atomic E-state index is -3.88. The largest absolute Gasteiger partial charge is 0.495 e. The Bertz CT molecular complexity index is 598. The molecule has 8 heteroatoms. The fourth-order valence-electron chi connectivity index (χ4n) is 1.52. The van der Waals surface area contributed by atoms with Gasteiger partial charge in [-0.25, -0.2) is 13.2 Å². The van der Waals surface area contributed by atoms with Crippen LogP contribution in [0.1, 0.15) is 17.3 Å². The zero-order valence-electron chi connectivity index (χ0n) is 11.4. The second-order valence-corrected chi connectivity index (χ2v) is 6.19. The minimum absolute atomic E-state index is 0.0538. The second kappa shape index (κ2) is 6.21. The Morgan fingerprint density at radius 3 is 2.50 bits per heavy atom. The van der Waals surface area contributed by atoms with Crippen LogP contribution in [0.5, 0.6) is 5.75 Å². The van der Waals surface area contributed by atoms with E-state index < -0.39 is 22.0 Å². The van der Waals surface area contributed by atoms with Crippen LogP contribution >= 0.6 is 0 Å². The number of aliphatic hydroxyl groups excluding tert-OH is 1. The van der Waals surface area contributed by atoms with Crippen LogP contribution in [0, 0.1) is 0 Å². The maximum Gasteiger partial charge on any atom is 0.335 e. The number of nitrogens with zero attached hydrogens (tertiary/aromatic N) is 1. The summed E-state index contributed by atoms with van der Waals surface area (Å²) in [5.41, 5.74) is -0.0707. The molecule has 0 saturated heterocycles. The average Bonchev–Trinajstić information content (AvgIpc) is 2.44. The third kappa shape index (κ3) is 3.09. The van der Waals surface area contributed by atoms with E-state index in [0.29, 0.717) is 0 Å². The normalized spacial score (nSPS) is 13.2. The highest BCUT2D eigenvalue weighted by molar-refractivity contribution is 7.89. The van der Waals surface area contributed by atoms with Gasteiger partial charge in [0.25, 0.3) is 0 Å². The minimum Gasteiger partial charge on any atom is -0.495 e.